The van der Waals surface area contributed by atoms with Gasteiger partial charge in [0.2, 0.25) is 0 Å². The van der Waals surface area contributed by atoms with Gasteiger partial charge >= 0.3 is 6.03 Å². The van der Waals surface area contributed by atoms with Gasteiger partial charge in [-0.05, 0) is 24.1 Å². The fourth-order valence-electron chi connectivity index (χ4n) is 1.63. The normalized spacial score (nSPS) is 10.0. The van der Waals surface area contributed by atoms with Crippen molar-refractivity contribution in [2.45, 2.75) is 6.42 Å². The SMILES string of the molecule is C=CCN(CCO)C(=O)NCCc1ccc(F)cc1. The van der Waals surface area contributed by atoms with Gasteiger partial charge in [-0.25, -0.2) is 9.18 Å². The van der Waals surface area contributed by atoms with Crippen LogP contribution in [0.25, 0.3) is 0 Å². The summed E-state index contributed by atoms with van der Waals surface area (Å²) in [7, 11) is 0. The van der Waals surface area contributed by atoms with Crippen LogP contribution in [-0.2, 0) is 6.42 Å². The quantitative estimate of drug-likeness (QED) is 0.736. The van der Waals surface area contributed by atoms with Crippen LogP contribution in [0, 0.1) is 5.82 Å². The lowest BCUT2D eigenvalue weighted by Crippen LogP contribution is -2.42. The van der Waals surface area contributed by atoms with Gasteiger partial charge in [0.05, 0.1) is 6.61 Å². The Morgan fingerprint density at radius 1 is 1.42 bits per heavy atom. The summed E-state index contributed by atoms with van der Waals surface area (Å²) in [6.45, 7) is 4.60. The molecule has 0 bridgehead atoms. The van der Waals surface area contributed by atoms with Gasteiger partial charge in [0.1, 0.15) is 5.82 Å². The van der Waals surface area contributed by atoms with E-state index in [9.17, 15) is 9.18 Å². The Morgan fingerprint density at radius 3 is 2.68 bits per heavy atom. The van der Waals surface area contributed by atoms with Crippen LogP contribution in [-0.4, -0.2) is 42.3 Å². The number of hydrogen-bond acceptors (Lipinski definition) is 2. The summed E-state index contributed by atoms with van der Waals surface area (Å²) in [6, 6.07) is 5.93. The predicted octanol–water partition coefficient (Wildman–Crippen LogP) is 1.56. The van der Waals surface area contributed by atoms with E-state index >= 15 is 0 Å². The summed E-state index contributed by atoms with van der Waals surface area (Å²) in [5.41, 5.74) is 0.958. The Bertz CT molecular complexity index is 406. The summed E-state index contributed by atoms with van der Waals surface area (Å²) in [5, 5.41) is 11.6. The molecule has 0 aliphatic heterocycles. The molecule has 0 heterocycles. The first-order chi connectivity index (χ1) is 9.17. The van der Waals surface area contributed by atoms with Crippen LogP contribution in [0.3, 0.4) is 0 Å². The number of carbonyl (C=O) groups is 1. The van der Waals surface area contributed by atoms with Crippen LogP contribution >= 0.6 is 0 Å². The van der Waals surface area contributed by atoms with Crippen molar-refractivity contribution in [2.75, 3.05) is 26.2 Å². The zero-order chi connectivity index (χ0) is 14.1. The van der Waals surface area contributed by atoms with Crippen molar-refractivity contribution in [3.63, 3.8) is 0 Å². The summed E-state index contributed by atoms with van der Waals surface area (Å²) in [4.78, 5) is 13.2. The number of rotatable bonds is 7. The van der Waals surface area contributed by atoms with Gasteiger partial charge < -0.3 is 15.3 Å². The van der Waals surface area contributed by atoms with E-state index in [0.717, 1.165) is 5.56 Å². The van der Waals surface area contributed by atoms with Crippen molar-refractivity contribution >= 4 is 6.03 Å². The third kappa shape index (κ3) is 5.52. The lowest BCUT2D eigenvalue weighted by Gasteiger charge is -2.20. The van der Waals surface area contributed by atoms with E-state index in [-0.39, 0.29) is 25.0 Å². The fraction of sp³-hybridized carbons (Fsp3) is 0.357. The van der Waals surface area contributed by atoms with Crippen LogP contribution in [0.5, 0.6) is 0 Å². The second-order valence-electron chi connectivity index (χ2n) is 4.07. The zero-order valence-electron chi connectivity index (χ0n) is 10.8. The maximum Gasteiger partial charge on any atom is 0.317 e. The number of aliphatic hydroxyl groups excluding tert-OH is 1. The third-order valence-corrected chi connectivity index (χ3v) is 2.61. The van der Waals surface area contributed by atoms with Gasteiger partial charge in [0.25, 0.3) is 0 Å². The smallest absolute Gasteiger partial charge is 0.317 e. The summed E-state index contributed by atoms with van der Waals surface area (Å²) in [6.07, 6.45) is 2.24. The van der Waals surface area contributed by atoms with Gasteiger partial charge in [-0.2, -0.15) is 0 Å². The molecule has 0 saturated heterocycles. The van der Waals surface area contributed by atoms with E-state index in [1.54, 1.807) is 18.2 Å². The molecule has 0 atom stereocenters. The molecule has 4 nitrogen and oxygen atoms in total. The number of hydrogen-bond donors (Lipinski definition) is 2. The number of nitrogens with one attached hydrogen (secondary N) is 1. The minimum Gasteiger partial charge on any atom is -0.395 e. The standard InChI is InChI=1S/C14H19FN2O2/c1-2-9-17(10-11-18)14(19)16-8-7-12-3-5-13(15)6-4-12/h2-6,18H,1,7-11H2,(H,16,19). The van der Waals surface area contributed by atoms with Crippen molar-refractivity contribution in [2.24, 2.45) is 0 Å². The Labute approximate surface area is 112 Å². The lowest BCUT2D eigenvalue weighted by atomic mass is 10.1. The largest absolute Gasteiger partial charge is 0.395 e. The predicted molar refractivity (Wildman–Crippen MR) is 72.4 cm³/mol. The maximum atomic E-state index is 12.7. The molecule has 0 aromatic heterocycles. The van der Waals surface area contributed by atoms with E-state index in [2.05, 4.69) is 11.9 Å². The zero-order valence-corrected chi connectivity index (χ0v) is 10.8. The Morgan fingerprint density at radius 2 is 2.11 bits per heavy atom. The molecule has 0 saturated carbocycles. The van der Waals surface area contributed by atoms with Gasteiger partial charge in [0.15, 0.2) is 0 Å². The van der Waals surface area contributed by atoms with Crippen molar-refractivity contribution in [3.8, 4) is 0 Å². The molecule has 0 aliphatic carbocycles. The fourth-order valence-corrected chi connectivity index (χ4v) is 1.63. The van der Waals surface area contributed by atoms with E-state index in [1.807, 2.05) is 0 Å². The van der Waals surface area contributed by atoms with Crippen molar-refractivity contribution in [3.05, 3.63) is 48.3 Å². The number of amides is 2. The van der Waals surface area contributed by atoms with Crippen LogP contribution < -0.4 is 5.32 Å². The molecule has 1 rings (SSSR count). The van der Waals surface area contributed by atoms with Gasteiger partial charge in [-0.15, -0.1) is 6.58 Å². The number of nitrogens with zero attached hydrogens (tertiary/aromatic N) is 1. The van der Waals surface area contributed by atoms with Gasteiger partial charge in [-0.1, -0.05) is 18.2 Å². The Balaban J connectivity index is 2.36. The minimum absolute atomic E-state index is 0.0841. The van der Waals surface area contributed by atoms with Crippen LogP contribution in [0.15, 0.2) is 36.9 Å². The molecule has 5 heteroatoms. The number of urea groups is 1. The van der Waals surface area contributed by atoms with Crippen molar-refractivity contribution in [1.29, 1.82) is 0 Å². The van der Waals surface area contributed by atoms with Gasteiger partial charge in [0, 0.05) is 19.6 Å². The van der Waals surface area contributed by atoms with E-state index < -0.39 is 0 Å². The first kappa shape index (κ1) is 15.2. The summed E-state index contributed by atoms with van der Waals surface area (Å²) in [5.74, 6) is -0.270. The third-order valence-electron chi connectivity index (χ3n) is 2.61. The second kappa shape index (κ2) is 8.26. The molecule has 104 valence electrons. The second-order valence-corrected chi connectivity index (χ2v) is 4.07. The topological polar surface area (TPSA) is 52.6 Å². The number of benzene rings is 1. The van der Waals surface area contributed by atoms with Crippen LogP contribution in [0.1, 0.15) is 5.56 Å². The molecule has 0 aliphatic rings. The lowest BCUT2D eigenvalue weighted by molar-refractivity contribution is 0.184. The Hall–Kier alpha value is -1.88. The molecule has 0 unspecified atom stereocenters. The molecule has 1 aromatic carbocycles. The summed E-state index contributed by atoms with van der Waals surface area (Å²) >= 11 is 0. The molecule has 0 fully saturated rings. The molecule has 1 aromatic rings. The molecule has 19 heavy (non-hydrogen) atoms. The van der Waals surface area contributed by atoms with Crippen molar-refractivity contribution < 1.29 is 14.3 Å². The highest BCUT2D eigenvalue weighted by Crippen LogP contribution is 2.02. The molecule has 0 spiro atoms. The van der Waals surface area contributed by atoms with Crippen molar-refractivity contribution in [1.82, 2.24) is 10.2 Å². The average Bonchev–Trinajstić information content (AvgIpc) is 2.40. The molecular weight excluding hydrogens is 247 g/mol. The molecule has 2 amide bonds. The average molecular weight is 266 g/mol. The molecule has 2 N–H and O–H groups in total. The minimum atomic E-state index is -0.270. The number of carbonyl (C=O) groups excluding carboxylic acids is 1. The number of aliphatic hydroxyl groups is 1. The number of halogens is 1. The highest BCUT2D eigenvalue weighted by Gasteiger charge is 2.10. The highest BCUT2D eigenvalue weighted by molar-refractivity contribution is 5.74. The molecular formula is C14H19FN2O2. The first-order valence-electron chi connectivity index (χ1n) is 6.16. The van der Waals surface area contributed by atoms with Gasteiger partial charge in [-0.3, -0.25) is 0 Å². The van der Waals surface area contributed by atoms with Crippen LogP contribution in [0.4, 0.5) is 9.18 Å². The molecule has 0 radical (unpaired) electrons. The summed E-state index contributed by atoms with van der Waals surface area (Å²) < 4.78 is 12.7. The van der Waals surface area contributed by atoms with E-state index in [1.165, 1.54) is 17.0 Å². The van der Waals surface area contributed by atoms with Crippen LogP contribution in [0.2, 0.25) is 0 Å². The van der Waals surface area contributed by atoms with E-state index in [4.69, 9.17) is 5.11 Å². The maximum absolute atomic E-state index is 12.7. The first-order valence-corrected chi connectivity index (χ1v) is 6.16. The Kier molecular flexibility index (Phi) is 6.60. The monoisotopic (exact) mass is 266 g/mol. The highest BCUT2D eigenvalue weighted by atomic mass is 19.1. The van der Waals surface area contributed by atoms with E-state index in [0.29, 0.717) is 19.5 Å².